The van der Waals surface area contributed by atoms with Crippen molar-refractivity contribution in [3.05, 3.63) is 0 Å². The molecule has 0 bridgehead atoms. The Kier molecular flexibility index (Phi) is 5.23. The molecule has 4 heteroatoms. The van der Waals surface area contributed by atoms with Crippen LogP contribution in [-0.2, 0) is 9.47 Å². The monoisotopic (exact) mass is 270 g/mol. The fraction of sp³-hybridized carbons (Fsp3) is 1.00. The Hall–Kier alpha value is -0.160. The molecule has 0 aromatic rings. The van der Waals surface area contributed by atoms with E-state index >= 15 is 0 Å². The number of nitrogens with two attached hydrogens (primary N) is 1. The van der Waals surface area contributed by atoms with E-state index in [1.165, 1.54) is 12.8 Å². The summed E-state index contributed by atoms with van der Waals surface area (Å²) in [6.07, 6.45) is 5.15. The van der Waals surface area contributed by atoms with Gasteiger partial charge in [0.15, 0.2) is 0 Å². The van der Waals surface area contributed by atoms with Crippen LogP contribution in [0.1, 0.15) is 39.5 Å². The molecular weight excluding hydrogens is 240 g/mol. The third kappa shape index (κ3) is 3.48. The summed E-state index contributed by atoms with van der Waals surface area (Å²) in [4.78, 5) is 2.63. The Morgan fingerprint density at radius 1 is 1.47 bits per heavy atom. The van der Waals surface area contributed by atoms with Gasteiger partial charge in [0.2, 0.25) is 0 Å². The molecule has 0 amide bonds. The van der Waals surface area contributed by atoms with Crippen molar-refractivity contribution in [1.29, 1.82) is 0 Å². The highest BCUT2D eigenvalue weighted by molar-refractivity contribution is 5.00. The average Bonchev–Trinajstić information content (AvgIpc) is 3.23. The summed E-state index contributed by atoms with van der Waals surface area (Å²) < 4.78 is 11.0. The Balaban J connectivity index is 2.12. The molecule has 112 valence electrons. The molecule has 4 nitrogen and oxygen atoms in total. The van der Waals surface area contributed by atoms with E-state index in [2.05, 4.69) is 18.7 Å². The Labute approximate surface area is 117 Å². The van der Waals surface area contributed by atoms with Crippen molar-refractivity contribution in [3.8, 4) is 0 Å². The van der Waals surface area contributed by atoms with Crippen LogP contribution in [-0.4, -0.2) is 56.0 Å². The Morgan fingerprint density at radius 2 is 2.21 bits per heavy atom. The van der Waals surface area contributed by atoms with Crippen LogP contribution in [0.5, 0.6) is 0 Å². The van der Waals surface area contributed by atoms with Gasteiger partial charge >= 0.3 is 0 Å². The zero-order valence-corrected chi connectivity index (χ0v) is 12.7. The maximum Gasteiger partial charge on any atom is 0.0590 e. The van der Waals surface area contributed by atoms with E-state index in [1.807, 2.05) is 0 Å². The third-order valence-corrected chi connectivity index (χ3v) is 4.96. The van der Waals surface area contributed by atoms with Gasteiger partial charge in [0.1, 0.15) is 0 Å². The summed E-state index contributed by atoms with van der Waals surface area (Å²) in [7, 11) is 1.78. The molecule has 0 aromatic heterocycles. The summed E-state index contributed by atoms with van der Waals surface area (Å²) in [6, 6.07) is 0.615. The van der Waals surface area contributed by atoms with E-state index in [9.17, 15) is 0 Å². The minimum atomic E-state index is 0.109. The third-order valence-electron chi connectivity index (χ3n) is 4.96. The molecule has 2 rings (SSSR count). The van der Waals surface area contributed by atoms with Crippen molar-refractivity contribution >= 4 is 0 Å². The topological polar surface area (TPSA) is 47.7 Å². The van der Waals surface area contributed by atoms with Gasteiger partial charge in [-0.1, -0.05) is 0 Å². The molecule has 0 aromatic carbocycles. The first-order valence-electron chi connectivity index (χ1n) is 7.70. The van der Waals surface area contributed by atoms with Crippen LogP contribution in [0.25, 0.3) is 0 Å². The van der Waals surface area contributed by atoms with Crippen molar-refractivity contribution < 1.29 is 9.47 Å². The minimum absolute atomic E-state index is 0.109. The van der Waals surface area contributed by atoms with Crippen molar-refractivity contribution in [2.75, 3.05) is 33.4 Å². The number of nitrogens with zero attached hydrogens (tertiary/aromatic N) is 1. The molecule has 1 aliphatic carbocycles. The van der Waals surface area contributed by atoms with Crippen molar-refractivity contribution in [3.63, 3.8) is 0 Å². The Bertz CT molecular complexity index is 283. The summed E-state index contributed by atoms with van der Waals surface area (Å²) >= 11 is 0. The van der Waals surface area contributed by atoms with Gasteiger partial charge in [-0.25, -0.2) is 0 Å². The van der Waals surface area contributed by atoms with Crippen LogP contribution >= 0.6 is 0 Å². The number of ether oxygens (including phenoxy) is 2. The van der Waals surface area contributed by atoms with Crippen molar-refractivity contribution in [2.24, 2.45) is 11.7 Å². The van der Waals surface area contributed by atoms with E-state index in [0.717, 1.165) is 45.1 Å². The number of hydrogen-bond donors (Lipinski definition) is 1. The largest absolute Gasteiger partial charge is 0.383 e. The minimum Gasteiger partial charge on any atom is -0.383 e. The van der Waals surface area contributed by atoms with Crippen molar-refractivity contribution in [1.82, 2.24) is 4.90 Å². The smallest absolute Gasteiger partial charge is 0.0590 e. The molecule has 0 spiro atoms. The van der Waals surface area contributed by atoms with E-state index in [0.29, 0.717) is 12.1 Å². The van der Waals surface area contributed by atoms with Gasteiger partial charge in [-0.05, 0) is 45.4 Å². The molecule has 1 saturated heterocycles. The van der Waals surface area contributed by atoms with Crippen molar-refractivity contribution in [2.45, 2.75) is 57.2 Å². The zero-order chi connectivity index (χ0) is 13.9. The Morgan fingerprint density at radius 3 is 2.74 bits per heavy atom. The molecule has 2 fully saturated rings. The molecule has 19 heavy (non-hydrogen) atoms. The van der Waals surface area contributed by atoms with Gasteiger partial charge in [0, 0.05) is 38.4 Å². The lowest BCUT2D eigenvalue weighted by molar-refractivity contribution is -0.0831. The predicted molar refractivity (Wildman–Crippen MR) is 77.2 cm³/mol. The second-order valence-corrected chi connectivity index (χ2v) is 6.33. The predicted octanol–water partition coefficient (Wildman–Crippen LogP) is 1.63. The summed E-state index contributed by atoms with van der Waals surface area (Å²) in [5.74, 6) is 0.860. The van der Waals surface area contributed by atoms with Gasteiger partial charge in [-0.2, -0.15) is 0 Å². The molecule has 3 atom stereocenters. The molecule has 1 saturated carbocycles. The first-order valence-corrected chi connectivity index (χ1v) is 7.70. The van der Waals surface area contributed by atoms with Crippen LogP contribution < -0.4 is 5.73 Å². The molecular formula is C15H30N2O2. The van der Waals surface area contributed by atoms with Gasteiger partial charge in [0.05, 0.1) is 12.7 Å². The lowest BCUT2D eigenvalue weighted by atomic mass is 9.83. The second-order valence-electron chi connectivity index (χ2n) is 6.33. The SMILES string of the molecule is COCCN(C(C)C1CC1)C1(CN)CCOC(C)C1. The van der Waals surface area contributed by atoms with Crippen LogP contribution in [0.15, 0.2) is 0 Å². The van der Waals surface area contributed by atoms with Gasteiger partial charge < -0.3 is 15.2 Å². The maximum atomic E-state index is 6.19. The number of methoxy groups -OCH3 is 1. The molecule has 2 aliphatic rings. The van der Waals surface area contributed by atoms with Gasteiger partial charge in [-0.15, -0.1) is 0 Å². The lowest BCUT2D eigenvalue weighted by Crippen LogP contribution is -2.62. The standard InChI is InChI=1S/C15H30N2O2/c1-12-10-15(11-16,6-8-19-12)17(7-9-18-3)13(2)14-4-5-14/h12-14H,4-11,16H2,1-3H3. The number of hydrogen-bond acceptors (Lipinski definition) is 4. The highest BCUT2D eigenvalue weighted by Gasteiger charge is 2.44. The normalized spacial score (nSPS) is 33.6. The molecule has 1 heterocycles. The quantitative estimate of drug-likeness (QED) is 0.764. The molecule has 2 N–H and O–H groups in total. The number of rotatable bonds is 7. The van der Waals surface area contributed by atoms with Gasteiger partial charge in [0.25, 0.3) is 0 Å². The van der Waals surface area contributed by atoms with Crippen LogP contribution in [0.3, 0.4) is 0 Å². The summed E-state index contributed by atoms with van der Waals surface area (Å²) in [5, 5.41) is 0. The molecule has 0 radical (unpaired) electrons. The highest BCUT2D eigenvalue weighted by Crippen LogP contribution is 2.40. The second kappa shape index (κ2) is 6.53. The fourth-order valence-electron chi connectivity index (χ4n) is 3.61. The average molecular weight is 270 g/mol. The summed E-state index contributed by atoms with van der Waals surface area (Å²) in [5.41, 5.74) is 6.30. The fourth-order valence-corrected chi connectivity index (χ4v) is 3.61. The maximum absolute atomic E-state index is 6.19. The van der Waals surface area contributed by atoms with Crippen LogP contribution in [0.2, 0.25) is 0 Å². The van der Waals surface area contributed by atoms with Gasteiger partial charge in [-0.3, -0.25) is 4.90 Å². The summed E-state index contributed by atoms with van der Waals surface area (Å²) in [6.45, 7) is 7.86. The van der Waals surface area contributed by atoms with E-state index < -0.39 is 0 Å². The first kappa shape index (κ1) is 15.2. The van der Waals surface area contributed by atoms with E-state index in [-0.39, 0.29) is 5.54 Å². The molecule has 1 aliphatic heterocycles. The zero-order valence-electron chi connectivity index (χ0n) is 12.7. The van der Waals surface area contributed by atoms with Crippen LogP contribution in [0, 0.1) is 5.92 Å². The van der Waals surface area contributed by atoms with E-state index in [1.54, 1.807) is 7.11 Å². The van der Waals surface area contributed by atoms with Crippen LogP contribution in [0.4, 0.5) is 0 Å². The first-order chi connectivity index (χ1) is 9.13. The van der Waals surface area contributed by atoms with E-state index in [4.69, 9.17) is 15.2 Å². The highest BCUT2D eigenvalue weighted by atomic mass is 16.5. The lowest BCUT2D eigenvalue weighted by Gasteiger charge is -2.50. The molecule has 3 unspecified atom stereocenters.